The van der Waals surface area contributed by atoms with Gasteiger partial charge in [0.1, 0.15) is 5.69 Å². The summed E-state index contributed by atoms with van der Waals surface area (Å²) in [4.78, 5) is 27.0. The Labute approximate surface area is 175 Å². The molecule has 1 atom stereocenters. The molecule has 2 aliphatic rings. The Morgan fingerprint density at radius 1 is 1.30 bits per heavy atom. The van der Waals surface area contributed by atoms with Crippen LogP contribution in [0.4, 0.5) is 0 Å². The predicted octanol–water partition coefficient (Wildman–Crippen LogP) is 0.954. The topological polar surface area (TPSA) is 107 Å². The molecule has 3 heterocycles. The average Bonchev–Trinajstić information content (AvgIpc) is 3.33. The van der Waals surface area contributed by atoms with Crippen LogP contribution in [0.2, 0.25) is 0 Å². The van der Waals surface area contributed by atoms with Crippen molar-refractivity contribution in [1.82, 2.24) is 35.0 Å². The highest BCUT2D eigenvalue weighted by Crippen LogP contribution is 2.56. The van der Waals surface area contributed by atoms with E-state index in [1.54, 1.807) is 25.0 Å². The summed E-state index contributed by atoms with van der Waals surface area (Å²) in [7, 11) is 3.40. The summed E-state index contributed by atoms with van der Waals surface area (Å²) in [5, 5.41) is 15.3. The van der Waals surface area contributed by atoms with Gasteiger partial charge in [-0.15, -0.1) is 5.10 Å². The molecule has 1 unspecified atom stereocenters. The lowest BCUT2D eigenvalue weighted by Crippen LogP contribution is -2.51. The van der Waals surface area contributed by atoms with Crippen LogP contribution in [0.5, 0.6) is 0 Å². The van der Waals surface area contributed by atoms with Gasteiger partial charge in [0.25, 0.3) is 11.8 Å². The zero-order chi connectivity index (χ0) is 21.3. The molecule has 0 aromatic carbocycles. The second-order valence-electron chi connectivity index (χ2n) is 8.34. The SMILES string of the molecule is COCCNC(=O)c1cn(C2CCC23CCN(C(=O)c2cc(C)nn2C)CC3)nn1. The van der Waals surface area contributed by atoms with E-state index in [0.717, 1.165) is 44.5 Å². The summed E-state index contributed by atoms with van der Waals surface area (Å²) in [6.07, 6.45) is 5.72. The van der Waals surface area contributed by atoms with Crippen LogP contribution in [0.15, 0.2) is 12.3 Å². The fourth-order valence-electron chi connectivity index (χ4n) is 4.70. The van der Waals surface area contributed by atoms with Crippen LogP contribution in [0.25, 0.3) is 0 Å². The Morgan fingerprint density at radius 3 is 2.67 bits per heavy atom. The molecule has 2 aromatic heterocycles. The molecule has 1 aliphatic heterocycles. The monoisotopic (exact) mass is 415 g/mol. The molecule has 0 radical (unpaired) electrons. The third-order valence-corrected chi connectivity index (χ3v) is 6.54. The lowest BCUT2D eigenvalue weighted by Gasteiger charge is -2.53. The molecule has 1 saturated heterocycles. The van der Waals surface area contributed by atoms with Crippen LogP contribution in [-0.4, -0.2) is 74.8 Å². The molecule has 2 aromatic rings. The van der Waals surface area contributed by atoms with E-state index < -0.39 is 0 Å². The van der Waals surface area contributed by atoms with E-state index in [2.05, 4.69) is 20.7 Å². The van der Waals surface area contributed by atoms with Gasteiger partial charge in [-0.3, -0.25) is 14.3 Å². The van der Waals surface area contributed by atoms with Gasteiger partial charge >= 0.3 is 0 Å². The molecular formula is C20H29N7O3. The number of rotatable bonds is 6. The first-order valence-corrected chi connectivity index (χ1v) is 10.4. The molecular weight excluding hydrogens is 386 g/mol. The number of methoxy groups -OCH3 is 1. The van der Waals surface area contributed by atoms with Crippen molar-refractivity contribution < 1.29 is 14.3 Å². The van der Waals surface area contributed by atoms with Crippen LogP contribution in [-0.2, 0) is 11.8 Å². The molecule has 30 heavy (non-hydrogen) atoms. The number of ether oxygens (including phenoxy) is 1. The summed E-state index contributed by atoms with van der Waals surface area (Å²) in [5.41, 5.74) is 1.93. The van der Waals surface area contributed by atoms with Crippen LogP contribution in [0.3, 0.4) is 0 Å². The molecule has 1 N–H and O–H groups in total. The third-order valence-electron chi connectivity index (χ3n) is 6.54. The van der Waals surface area contributed by atoms with Gasteiger partial charge in [-0.1, -0.05) is 5.21 Å². The van der Waals surface area contributed by atoms with Crippen molar-refractivity contribution in [3.63, 3.8) is 0 Å². The second-order valence-corrected chi connectivity index (χ2v) is 8.34. The summed E-state index contributed by atoms with van der Waals surface area (Å²) in [6.45, 7) is 4.23. The van der Waals surface area contributed by atoms with Gasteiger partial charge in [0.05, 0.1) is 24.5 Å². The minimum absolute atomic E-state index is 0.0413. The number of nitrogens with zero attached hydrogens (tertiary/aromatic N) is 6. The fraction of sp³-hybridized carbons (Fsp3) is 0.650. The molecule has 10 nitrogen and oxygen atoms in total. The number of piperidine rings is 1. The Morgan fingerprint density at radius 2 is 2.07 bits per heavy atom. The van der Waals surface area contributed by atoms with Gasteiger partial charge < -0.3 is 15.0 Å². The molecule has 2 fully saturated rings. The van der Waals surface area contributed by atoms with Crippen molar-refractivity contribution in [1.29, 1.82) is 0 Å². The lowest BCUT2D eigenvalue weighted by molar-refractivity contribution is -0.0270. The number of aromatic nitrogens is 5. The first-order valence-electron chi connectivity index (χ1n) is 10.4. The quantitative estimate of drug-likeness (QED) is 0.704. The van der Waals surface area contributed by atoms with E-state index >= 15 is 0 Å². The Balaban J connectivity index is 1.37. The van der Waals surface area contributed by atoms with E-state index in [1.165, 1.54) is 0 Å². The highest BCUT2D eigenvalue weighted by molar-refractivity contribution is 5.93. The van der Waals surface area contributed by atoms with E-state index in [1.807, 2.05) is 22.6 Å². The fourth-order valence-corrected chi connectivity index (χ4v) is 4.70. The van der Waals surface area contributed by atoms with E-state index in [-0.39, 0.29) is 23.3 Å². The summed E-state index contributed by atoms with van der Waals surface area (Å²) in [6, 6.07) is 2.06. The normalized spacial score (nSPS) is 20.2. The number of amides is 2. The molecule has 1 aliphatic carbocycles. The average molecular weight is 415 g/mol. The van der Waals surface area contributed by atoms with Crippen LogP contribution in [0.1, 0.15) is 58.4 Å². The molecule has 10 heteroatoms. The smallest absolute Gasteiger partial charge is 0.273 e. The lowest BCUT2D eigenvalue weighted by atomic mass is 9.59. The van der Waals surface area contributed by atoms with Crippen molar-refractivity contribution in [2.24, 2.45) is 12.5 Å². The van der Waals surface area contributed by atoms with Crippen molar-refractivity contribution >= 4 is 11.8 Å². The third kappa shape index (κ3) is 3.71. The van der Waals surface area contributed by atoms with Crippen LogP contribution in [0, 0.1) is 12.3 Å². The standard InChI is InChI=1S/C20H29N7O3/c1-14-12-16(25(2)23-14)19(29)26-9-6-20(7-10-26)5-4-17(20)27-13-15(22-24-27)18(28)21-8-11-30-3/h12-13,17H,4-11H2,1-3H3,(H,21,28). The number of carbonyl (C=O) groups is 2. The van der Waals surface area contributed by atoms with Gasteiger partial charge in [0, 0.05) is 33.8 Å². The minimum atomic E-state index is -0.237. The number of likely N-dealkylation sites (tertiary alicyclic amines) is 1. The molecule has 0 bridgehead atoms. The molecule has 4 rings (SSSR count). The number of nitrogens with one attached hydrogen (secondary N) is 1. The van der Waals surface area contributed by atoms with Crippen molar-refractivity contribution in [2.45, 2.75) is 38.6 Å². The van der Waals surface area contributed by atoms with Gasteiger partial charge in [-0.05, 0) is 44.1 Å². The largest absolute Gasteiger partial charge is 0.383 e. The first kappa shape index (κ1) is 20.5. The summed E-state index contributed by atoms with van der Waals surface area (Å²) >= 11 is 0. The maximum Gasteiger partial charge on any atom is 0.273 e. The molecule has 1 spiro atoms. The molecule has 2 amide bonds. The first-order chi connectivity index (χ1) is 14.4. The van der Waals surface area contributed by atoms with E-state index in [9.17, 15) is 9.59 Å². The second kappa shape index (κ2) is 8.17. The number of carbonyl (C=O) groups excluding carboxylic acids is 2. The Bertz CT molecular complexity index is 927. The zero-order valence-electron chi connectivity index (χ0n) is 17.8. The zero-order valence-corrected chi connectivity index (χ0v) is 17.8. The Hall–Kier alpha value is -2.75. The number of hydrogen-bond donors (Lipinski definition) is 1. The maximum atomic E-state index is 12.9. The highest BCUT2D eigenvalue weighted by atomic mass is 16.5. The van der Waals surface area contributed by atoms with Gasteiger partial charge in [-0.2, -0.15) is 5.10 Å². The van der Waals surface area contributed by atoms with Gasteiger partial charge in [0.15, 0.2) is 5.69 Å². The Kier molecular flexibility index (Phi) is 5.59. The van der Waals surface area contributed by atoms with Crippen LogP contribution < -0.4 is 5.32 Å². The van der Waals surface area contributed by atoms with Gasteiger partial charge in [-0.25, -0.2) is 4.68 Å². The summed E-state index contributed by atoms with van der Waals surface area (Å²) < 4.78 is 8.45. The molecule has 162 valence electrons. The predicted molar refractivity (Wildman–Crippen MR) is 108 cm³/mol. The van der Waals surface area contributed by atoms with Crippen molar-refractivity contribution in [3.8, 4) is 0 Å². The van der Waals surface area contributed by atoms with E-state index in [0.29, 0.717) is 24.5 Å². The van der Waals surface area contributed by atoms with Crippen LogP contribution >= 0.6 is 0 Å². The summed E-state index contributed by atoms with van der Waals surface area (Å²) in [5.74, 6) is -0.196. The number of aryl methyl sites for hydroxylation is 2. The molecule has 1 saturated carbocycles. The number of hydrogen-bond acceptors (Lipinski definition) is 6. The minimum Gasteiger partial charge on any atom is -0.383 e. The van der Waals surface area contributed by atoms with Gasteiger partial charge in [0.2, 0.25) is 0 Å². The van der Waals surface area contributed by atoms with Crippen molar-refractivity contribution in [3.05, 3.63) is 29.3 Å². The maximum absolute atomic E-state index is 12.9. The van der Waals surface area contributed by atoms with E-state index in [4.69, 9.17) is 4.74 Å². The van der Waals surface area contributed by atoms with Crippen molar-refractivity contribution in [2.75, 3.05) is 33.4 Å². The highest BCUT2D eigenvalue weighted by Gasteiger charge is 2.50.